The third-order valence-electron chi connectivity index (χ3n) is 2.15. The van der Waals surface area contributed by atoms with Crippen molar-refractivity contribution in [1.82, 2.24) is 9.78 Å². The van der Waals surface area contributed by atoms with Crippen molar-refractivity contribution in [3.8, 4) is 5.69 Å². The van der Waals surface area contributed by atoms with E-state index in [4.69, 9.17) is 28.9 Å². The molecule has 0 aliphatic carbocycles. The summed E-state index contributed by atoms with van der Waals surface area (Å²) in [7, 11) is 0. The van der Waals surface area contributed by atoms with E-state index in [1.54, 1.807) is 10.7 Å². The lowest BCUT2D eigenvalue weighted by Gasteiger charge is -2.08. The van der Waals surface area contributed by atoms with Gasteiger partial charge in [0, 0.05) is 16.2 Å². The van der Waals surface area contributed by atoms with E-state index in [1.165, 1.54) is 0 Å². The van der Waals surface area contributed by atoms with Gasteiger partial charge in [0.15, 0.2) is 0 Å². The van der Waals surface area contributed by atoms with Gasteiger partial charge in [0.25, 0.3) is 0 Å². The van der Waals surface area contributed by atoms with Crippen LogP contribution in [0.2, 0.25) is 10.0 Å². The standard InChI is InChI=1S/C10H8BrCl2N3/c1-5-4-8(14)15-16(5)7-3-2-6(11)9(12)10(7)13/h2-4H,1H3,(H2,14,15). The lowest BCUT2D eigenvalue weighted by atomic mass is 10.3. The second kappa shape index (κ2) is 4.28. The zero-order chi connectivity index (χ0) is 11.9. The number of nitrogens with zero attached hydrogens (tertiary/aromatic N) is 2. The molecule has 0 spiro atoms. The number of aromatic nitrogens is 2. The van der Waals surface area contributed by atoms with Crippen molar-refractivity contribution in [3.63, 3.8) is 0 Å². The maximum Gasteiger partial charge on any atom is 0.146 e. The molecule has 0 aliphatic rings. The van der Waals surface area contributed by atoms with E-state index in [0.29, 0.717) is 21.6 Å². The normalized spacial score (nSPS) is 10.8. The molecule has 0 unspecified atom stereocenters. The van der Waals surface area contributed by atoms with Gasteiger partial charge in [-0.1, -0.05) is 23.2 Å². The largest absolute Gasteiger partial charge is 0.382 e. The van der Waals surface area contributed by atoms with Crippen LogP contribution in [0.1, 0.15) is 5.69 Å². The average molecular weight is 321 g/mol. The molecule has 0 bridgehead atoms. The highest BCUT2D eigenvalue weighted by Crippen LogP contribution is 2.35. The van der Waals surface area contributed by atoms with Gasteiger partial charge in [0.1, 0.15) is 5.82 Å². The zero-order valence-electron chi connectivity index (χ0n) is 8.34. The zero-order valence-corrected chi connectivity index (χ0v) is 11.4. The van der Waals surface area contributed by atoms with Crippen LogP contribution in [-0.2, 0) is 0 Å². The summed E-state index contributed by atoms with van der Waals surface area (Å²) in [5.74, 6) is 0.451. The van der Waals surface area contributed by atoms with E-state index in [9.17, 15) is 0 Å². The first-order valence-electron chi connectivity index (χ1n) is 4.46. The summed E-state index contributed by atoms with van der Waals surface area (Å²) in [6.07, 6.45) is 0. The maximum absolute atomic E-state index is 6.15. The number of hydrogen-bond donors (Lipinski definition) is 1. The number of halogens is 3. The Morgan fingerprint density at radius 3 is 2.56 bits per heavy atom. The van der Waals surface area contributed by atoms with Crippen LogP contribution in [0.25, 0.3) is 5.69 Å². The predicted molar refractivity (Wildman–Crippen MR) is 70.4 cm³/mol. The molecule has 0 radical (unpaired) electrons. The summed E-state index contributed by atoms with van der Waals surface area (Å²) in [4.78, 5) is 0. The number of aryl methyl sites for hydroxylation is 1. The maximum atomic E-state index is 6.15. The summed E-state index contributed by atoms with van der Waals surface area (Å²) in [5.41, 5.74) is 7.23. The van der Waals surface area contributed by atoms with Crippen LogP contribution < -0.4 is 5.73 Å². The smallest absolute Gasteiger partial charge is 0.146 e. The van der Waals surface area contributed by atoms with E-state index in [2.05, 4.69) is 21.0 Å². The molecule has 1 heterocycles. The van der Waals surface area contributed by atoms with Gasteiger partial charge in [0.05, 0.1) is 15.7 Å². The van der Waals surface area contributed by atoms with Crippen LogP contribution in [0.4, 0.5) is 5.82 Å². The Bertz CT molecular complexity index is 551. The molecule has 0 amide bonds. The van der Waals surface area contributed by atoms with Gasteiger partial charge in [-0.3, -0.25) is 0 Å². The molecule has 0 saturated carbocycles. The number of nitrogen functional groups attached to an aromatic ring is 1. The lowest BCUT2D eigenvalue weighted by molar-refractivity contribution is 0.851. The third-order valence-corrected chi connectivity index (χ3v) is 3.91. The summed E-state index contributed by atoms with van der Waals surface area (Å²) in [6, 6.07) is 5.42. The molecule has 6 heteroatoms. The molecule has 0 saturated heterocycles. The first-order valence-corrected chi connectivity index (χ1v) is 6.01. The fraction of sp³-hybridized carbons (Fsp3) is 0.100. The molecular weight excluding hydrogens is 313 g/mol. The molecule has 84 valence electrons. The van der Waals surface area contributed by atoms with Crippen molar-refractivity contribution in [2.75, 3.05) is 5.73 Å². The van der Waals surface area contributed by atoms with Crippen LogP contribution in [0.15, 0.2) is 22.7 Å². The van der Waals surface area contributed by atoms with Crippen molar-refractivity contribution in [1.29, 1.82) is 0 Å². The third kappa shape index (κ3) is 1.93. The molecule has 1 aromatic carbocycles. The summed E-state index contributed by atoms with van der Waals surface area (Å²) in [5, 5.41) is 5.06. The molecular formula is C10H8BrCl2N3. The van der Waals surface area contributed by atoms with Crippen molar-refractivity contribution in [2.45, 2.75) is 6.92 Å². The van der Waals surface area contributed by atoms with Gasteiger partial charge in [-0.25, -0.2) is 4.68 Å². The van der Waals surface area contributed by atoms with Crippen LogP contribution >= 0.6 is 39.1 Å². The number of anilines is 1. The number of hydrogen-bond acceptors (Lipinski definition) is 2. The second-order valence-corrected chi connectivity index (χ2v) is 4.93. The van der Waals surface area contributed by atoms with Crippen LogP contribution in [0.5, 0.6) is 0 Å². The molecule has 16 heavy (non-hydrogen) atoms. The Morgan fingerprint density at radius 1 is 1.31 bits per heavy atom. The first-order chi connectivity index (χ1) is 7.50. The molecule has 1 aromatic heterocycles. The van der Waals surface area contributed by atoms with Gasteiger partial charge >= 0.3 is 0 Å². The van der Waals surface area contributed by atoms with E-state index < -0.39 is 0 Å². The fourth-order valence-electron chi connectivity index (χ4n) is 1.42. The minimum atomic E-state index is 0.447. The van der Waals surface area contributed by atoms with Crippen molar-refractivity contribution in [3.05, 3.63) is 38.4 Å². The molecule has 2 rings (SSSR count). The first kappa shape index (κ1) is 11.8. The van der Waals surface area contributed by atoms with Crippen LogP contribution in [0.3, 0.4) is 0 Å². The van der Waals surface area contributed by atoms with Gasteiger partial charge in [-0.05, 0) is 35.0 Å². The van der Waals surface area contributed by atoms with E-state index in [0.717, 1.165) is 10.2 Å². The minimum Gasteiger partial charge on any atom is -0.382 e. The van der Waals surface area contributed by atoms with E-state index >= 15 is 0 Å². The predicted octanol–water partition coefficient (Wildman–Crippen LogP) is 3.83. The molecule has 2 N–H and O–H groups in total. The number of nitrogens with two attached hydrogens (primary N) is 1. The van der Waals surface area contributed by atoms with Crippen molar-refractivity contribution in [2.24, 2.45) is 0 Å². The monoisotopic (exact) mass is 319 g/mol. The Hall–Kier alpha value is -0.710. The Balaban J connectivity index is 2.65. The van der Waals surface area contributed by atoms with Gasteiger partial charge in [-0.2, -0.15) is 5.10 Å². The molecule has 3 nitrogen and oxygen atoms in total. The molecule has 2 aromatic rings. The van der Waals surface area contributed by atoms with E-state index in [1.807, 2.05) is 19.1 Å². The summed E-state index contributed by atoms with van der Waals surface area (Å²) >= 11 is 15.5. The molecule has 0 atom stereocenters. The van der Waals surface area contributed by atoms with Crippen molar-refractivity contribution < 1.29 is 0 Å². The summed E-state index contributed by atoms with van der Waals surface area (Å²) in [6.45, 7) is 1.90. The topological polar surface area (TPSA) is 43.8 Å². The van der Waals surface area contributed by atoms with Gasteiger partial charge < -0.3 is 5.73 Å². The lowest BCUT2D eigenvalue weighted by Crippen LogP contribution is -2.00. The molecule has 0 aliphatic heterocycles. The number of benzene rings is 1. The molecule has 0 fully saturated rings. The SMILES string of the molecule is Cc1cc(N)nn1-c1ccc(Br)c(Cl)c1Cl. The average Bonchev–Trinajstić information content (AvgIpc) is 2.55. The van der Waals surface area contributed by atoms with Crippen molar-refractivity contribution >= 4 is 44.9 Å². The summed E-state index contributed by atoms with van der Waals surface area (Å²) < 4.78 is 2.41. The van der Waals surface area contributed by atoms with Crippen LogP contribution in [0, 0.1) is 6.92 Å². The minimum absolute atomic E-state index is 0.447. The highest BCUT2D eigenvalue weighted by Gasteiger charge is 2.12. The van der Waals surface area contributed by atoms with Crippen LogP contribution in [-0.4, -0.2) is 9.78 Å². The van der Waals surface area contributed by atoms with E-state index in [-0.39, 0.29) is 0 Å². The second-order valence-electron chi connectivity index (χ2n) is 3.32. The van der Waals surface area contributed by atoms with Gasteiger partial charge in [0.2, 0.25) is 0 Å². The quantitative estimate of drug-likeness (QED) is 0.811. The Kier molecular flexibility index (Phi) is 3.15. The Labute approximate surface area is 111 Å². The Morgan fingerprint density at radius 2 is 2.00 bits per heavy atom. The highest BCUT2D eigenvalue weighted by molar-refractivity contribution is 9.10. The fourth-order valence-corrected chi connectivity index (χ4v) is 2.27. The van der Waals surface area contributed by atoms with Gasteiger partial charge in [-0.15, -0.1) is 0 Å². The number of rotatable bonds is 1. The highest BCUT2D eigenvalue weighted by atomic mass is 79.9.